The maximum Gasteiger partial charge on any atom is 0.241 e. The maximum atomic E-state index is 13.3. The maximum absolute atomic E-state index is 13.3. The zero-order valence-corrected chi connectivity index (χ0v) is 18.2. The van der Waals surface area contributed by atoms with Crippen LogP contribution in [-0.4, -0.2) is 67.5 Å². The van der Waals surface area contributed by atoms with Crippen LogP contribution in [0.2, 0.25) is 0 Å². The molecule has 164 valence electrons. The second kappa shape index (κ2) is 9.49. The monoisotopic (exact) mass is 422 g/mol. The molecule has 4 rings (SSSR count). The number of methoxy groups -OCH3 is 1. The Hall–Kier alpha value is -2.90. The number of fused-ring (bicyclic) bond motifs is 1. The van der Waals surface area contributed by atoms with Gasteiger partial charge < -0.3 is 15.0 Å². The van der Waals surface area contributed by atoms with Crippen molar-refractivity contribution in [3.05, 3.63) is 54.1 Å². The van der Waals surface area contributed by atoms with Gasteiger partial charge in [0.05, 0.1) is 25.0 Å². The lowest BCUT2D eigenvalue weighted by molar-refractivity contribution is -0.120. The predicted molar refractivity (Wildman–Crippen MR) is 121 cm³/mol. The summed E-state index contributed by atoms with van der Waals surface area (Å²) in [4.78, 5) is 31.8. The molecular formula is C24H30N4O3. The van der Waals surface area contributed by atoms with Crippen LogP contribution >= 0.6 is 0 Å². The molecule has 2 amide bonds. The summed E-state index contributed by atoms with van der Waals surface area (Å²) in [5, 5.41) is 2.92. The van der Waals surface area contributed by atoms with Crippen LogP contribution in [0.3, 0.4) is 0 Å². The first kappa shape index (κ1) is 21.3. The third kappa shape index (κ3) is 5.06. The van der Waals surface area contributed by atoms with Crippen molar-refractivity contribution in [3.63, 3.8) is 0 Å². The lowest BCUT2D eigenvalue weighted by atomic mass is 10.1. The highest BCUT2D eigenvalue weighted by atomic mass is 16.5. The van der Waals surface area contributed by atoms with Gasteiger partial charge in [0, 0.05) is 45.2 Å². The van der Waals surface area contributed by atoms with E-state index in [1.165, 1.54) is 5.56 Å². The van der Waals surface area contributed by atoms with Gasteiger partial charge in [0.1, 0.15) is 5.75 Å². The molecule has 2 aliphatic rings. The van der Waals surface area contributed by atoms with Gasteiger partial charge in [0.15, 0.2) is 0 Å². The van der Waals surface area contributed by atoms with Crippen LogP contribution in [-0.2, 0) is 16.1 Å². The number of amides is 2. The topological polar surface area (TPSA) is 65.1 Å². The number of rotatable bonds is 5. The van der Waals surface area contributed by atoms with Gasteiger partial charge in [-0.1, -0.05) is 24.3 Å². The predicted octanol–water partition coefficient (Wildman–Crippen LogP) is 2.58. The highest BCUT2D eigenvalue weighted by Gasteiger charge is 2.31. The number of hydrogen-bond donors (Lipinski definition) is 1. The highest BCUT2D eigenvalue weighted by Crippen LogP contribution is 2.31. The van der Waals surface area contributed by atoms with E-state index in [2.05, 4.69) is 27.2 Å². The number of para-hydroxylation sites is 2. The molecule has 1 atom stereocenters. The molecule has 0 saturated carbocycles. The van der Waals surface area contributed by atoms with Crippen molar-refractivity contribution in [3.8, 4) is 5.75 Å². The molecule has 7 nitrogen and oxygen atoms in total. The van der Waals surface area contributed by atoms with Crippen LogP contribution < -0.4 is 15.0 Å². The van der Waals surface area contributed by atoms with Crippen molar-refractivity contribution >= 4 is 23.2 Å². The summed E-state index contributed by atoms with van der Waals surface area (Å²) in [6.45, 7) is 6.74. The molecule has 2 heterocycles. The third-order valence-electron chi connectivity index (χ3n) is 6.02. The van der Waals surface area contributed by atoms with Crippen molar-refractivity contribution in [2.24, 2.45) is 0 Å². The van der Waals surface area contributed by atoms with Gasteiger partial charge in [-0.3, -0.25) is 19.4 Å². The zero-order valence-electron chi connectivity index (χ0n) is 18.2. The SMILES string of the molecule is COc1ccc(CN2CCN(CC(=O)N3c4ccccc4NC(=O)C[C@@H]3C)CC2)cc1. The molecular weight excluding hydrogens is 392 g/mol. The zero-order chi connectivity index (χ0) is 21.8. The van der Waals surface area contributed by atoms with Crippen molar-refractivity contribution in [1.82, 2.24) is 9.80 Å². The number of carbonyl (C=O) groups is 2. The van der Waals surface area contributed by atoms with Crippen LogP contribution in [0.5, 0.6) is 5.75 Å². The Labute approximate surface area is 183 Å². The van der Waals surface area contributed by atoms with Gasteiger partial charge in [-0.25, -0.2) is 0 Å². The molecule has 0 aromatic heterocycles. The average molecular weight is 423 g/mol. The molecule has 2 aliphatic heterocycles. The Morgan fingerprint density at radius 1 is 1.03 bits per heavy atom. The minimum atomic E-state index is -0.174. The summed E-state index contributed by atoms with van der Waals surface area (Å²) in [5.74, 6) is 0.857. The number of hydrogen-bond acceptors (Lipinski definition) is 5. The van der Waals surface area contributed by atoms with Gasteiger partial charge in [0.2, 0.25) is 11.8 Å². The smallest absolute Gasteiger partial charge is 0.241 e. The van der Waals surface area contributed by atoms with E-state index in [1.807, 2.05) is 43.3 Å². The van der Waals surface area contributed by atoms with Crippen LogP contribution in [0.25, 0.3) is 0 Å². The molecule has 0 radical (unpaired) electrons. The summed E-state index contributed by atoms with van der Waals surface area (Å²) in [6, 6.07) is 15.5. The first-order valence-electron chi connectivity index (χ1n) is 10.8. The second-order valence-electron chi connectivity index (χ2n) is 8.28. The number of nitrogens with one attached hydrogen (secondary N) is 1. The molecule has 2 aromatic rings. The Bertz CT molecular complexity index is 923. The van der Waals surface area contributed by atoms with E-state index in [4.69, 9.17) is 4.74 Å². The minimum Gasteiger partial charge on any atom is -0.497 e. The summed E-state index contributed by atoms with van der Waals surface area (Å²) < 4.78 is 5.22. The summed E-state index contributed by atoms with van der Waals surface area (Å²) in [7, 11) is 1.68. The first-order valence-corrected chi connectivity index (χ1v) is 10.8. The molecule has 31 heavy (non-hydrogen) atoms. The minimum absolute atomic E-state index is 0.0417. The molecule has 7 heteroatoms. The summed E-state index contributed by atoms with van der Waals surface area (Å²) >= 11 is 0. The summed E-state index contributed by atoms with van der Waals surface area (Å²) in [5.41, 5.74) is 2.75. The van der Waals surface area contributed by atoms with Crippen LogP contribution in [0, 0.1) is 0 Å². The molecule has 1 N–H and O–H groups in total. The molecule has 0 aliphatic carbocycles. The lowest BCUT2D eigenvalue weighted by Crippen LogP contribution is -2.51. The fourth-order valence-electron chi connectivity index (χ4n) is 4.33. The first-order chi connectivity index (χ1) is 15.0. The Balaban J connectivity index is 1.35. The fraction of sp³-hybridized carbons (Fsp3) is 0.417. The highest BCUT2D eigenvalue weighted by molar-refractivity contribution is 6.04. The second-order valence-corrected chi connectivity index (χ2v) is 8.28. The number of carbonyl (C=O) groups excluding carboxylic acids is 2. The standard InChI is InChI=1S/C24H30N4O3/c1-18-15-23(29)25-21-5-3-4-6-22(21)28(18)24(30)17-27-13-11-26(12-14-27)16-19-7-9-20(31-2)10-8-19/h3-10,18H,11-17H2,1-2H3,(H,25,29)/t18-/m0/s1. The Kier molecular flexibility index (Phi) is 6.53. The van der Waals surface area contributed by atoms with E-state index < -0.39 is 0 Å². The van der Waals surface area contributed by atoms with E-state index in [0.717, 1.165) is 44.2 Å². The molecule has 0 unspecified atom stereocenters. The van der Waals surface area contributed by atoms with Gasteiger partial charge in [0.25, 0.3) is 0 Å². The molecule has 0 bridgehead atoms. The Morgan fingerprint density at radius 3 is 2.42 bits per heavy atom. The van der Waals surface area contributed by atoms with Gasteiger partial charge in [-0.2, -0.15) is 0 Å². The molecule has 1 fully saturated rings. The largest absolute Gasteiger partial charge is 0.497 e. The van der Waals surface area contributed by atoms with Crippen LogP contribution in [0.1, 0.15) is 18.9 Å². The lowest BCUT2D eigenvalue weighted by Gasteiger charge is -2.36. The average Bonchev–Trinajstić information content (AvgIpc) is 2.89. The quantitative estimate of drug-likeness (QED) is 0.802. The molecule has 0 spiro atoms. The van der Waals surface area contributed by atoms with Crippen LogP contribution in [0.4, 0.5) is 11.4 Å². The van der Waals surface area contributed by atoms with Gasteiger partial charge >= 0.3 is 0 Å². The summed E-state index contributed by atoms with van der Waals surface area (Å²) in [6.07, 6.45) is 0.302. The van der Waals surface area contributed by atoms with E-state index in [-0.39, 0.29) is 17.9 Å². The van der Waals surface area contributed by atoms with Crippen molar-refractivity contribution < 1.29 is 14.3 Å². The van der Waals surface area contributed by atoms with Gasteiger partial charge in [-0.05, 0) is 36.8 Å². The van der Waals surface area contributed by atoms with Crippen LogP contribution in [0.15, 0.2) is 48.5 Å². The van der Waals surface area contributed by atoms with Gasteiger partial charge in [-0.15, -0.1) is 0 Å². The number of benzene rings is 2. The normalized spacial score (nSPS) is 20.0. The Morgan fingerprint density at radius 2 is 1.71 bits per heavy atom. The number of piperazine rings is 1. The van der Waals surface area contributed by atoms with Crippen molar-refractivity contribution in [1.29, 1.82) is 0 Å². The molecule has 2 aromatic carbocycles. The van der Waals surface area contributed by atoms with E-state index in [1.54, 1.807) is 12.0 Å². The van der Waals surface area contributed by atoms with E-state index in [0.29, 0.717) is 18.7 Å². The van der Waals surface area contributed by atoms with E-state index >= 15 is 0 Å². The molecule has 1 saturated heterocycles. The van der Waals surface area contributed by atoms with Crippen molar-refractivity contribution in [2.75, 3.05) is 50.1 Å². The third-order valence-corrected chi connectivity index (χ3v) is 6.02. The van der Waals surface area contributed by atoms with Crippen molar-refractivity contribution in [2.45, 2.75) is 25.9 Å². The van der Waals surface area contributed by atoms with E-state index in [9.17, 15) is 9.59 Å². The number of ether oxygens (including phenoxy) is 1. The fourth-order valence-corrected chi connectivity index (χ4v) is 4.33. The number of nitrogens with zero attached hydrogens (tertiary/aromatic N) is 3. The number of anilines is 2.